The van der Waals surface area contributed by atoms with E-state index in [2.05, 4.69) is 10.3 Å². The highest BCUT2D eigenvalue weighted by Crippen LogP contribution is 2.34. The average Bonchev–Trinajstić information content (AvgIpc) is 2.84. The molecule has 2 aromatic carbocycles. The minimum atomic E-state index is -0.0220. The van der Waals surface area contributed by atoms with Gasteiger partial charge < -0.3 is 10.3 Å². The van der Waals surface area contributed by atoms with Gasteiger partial charge in [-0.3, -0.25) is 9.59 Å². The predicted octanol–water partition coefficient (Wildman–Crippen LogP) is 2.93. The molecule has 1 aliphatic rings. The molecule has 4 heteroatoms. The summed E-state index contributed by atoms with van der Waals surface area (Å²) < 4.78 is 0. The van der Waals surface area contributed by atoms with E-state index in [9.17, 15) is 9.59 Å². The maximum atomic E-state index is 12.2. The third kappa shape index (κ3) is 1.84. The van der Waals surface area contributed by atoms with Gasteiger partial charge in [-0.05, 0) is 29.7 Å². The van der Waals surface area contributed by atoms with Crippen LogP contribution in [0.1, 0.15) is 26.3 Å². The lowest BCUT2D eigenvalue weighted by atomic mass is 10.00. The molecular formula is C18H14N2O2. The molecule has 1 amide bonds. The second-order valence-electron chi connectivity index (χ2n) is 5.45. The first-order valence-corrected chi connectivity index (χ1v) is 7.25. The molecule has 1 aromatic heterocycles. The maximum absolute atomic E-state index is 12.2. The van der Waals surface area contributed by atoms with Crippen LogP contribution >= 0.6 is 0 Å². The topological polar surface area (TPSA) is 62.0 Å². The van der Waals surface area contributed by atoms with Crippen LogP contribution in [0.25, 0.3) is 22.2 Å². The average molecular weight is 290 g/mol. The molecule has 0 radical (unpaired) electrons. The molecule has 0 fully saturated rings. The molecule has 2 N–H and O–H groups in total. The van der Waals surface area contributed by atoms with Gasteiger partial charge in [-0.25, -0.2) is 0 Å². The van der Waals surface area contributed by atoms with E-state index in [0.29, 0.717) is 12.1 Å². The molecule has 0 saturated carbocycles. The molecule has 4 nitrogen and oxygen atoms in total. The van der Waals surface area contributed by atoms with E-state index in [1.54, 1.807) is 0 Å². The van der Waals surface area contributed by atoms with E-state index in [-0.39, 0.29) is 5.91 Å². The van der Waals surface area contributed by atoms with Gasteiger partial charge in [0.1, 0.15) is 6.29 Å². The Morgan fingerprint density at radius 1 is 1.05 bits per heavy atom. The van der Waals surface area contributed by atoms with Crippen molar-refractivity contribution in [3.05, 3.63) is 59.2 Å². The fraction of sp³-hybridized carbons (Fsp3) is 0.111. The predicted molar refractivity (Wildman–Crippen MR) is 85.2 cm³/mol. The first-order chi connectivity index (χ1) is 10.8. The second-order valence-corrected chi connectivity index (χ2v) is 5.45. The number of benzene rings is 2. The Balaban J connectivity index is 1.98. The summed E-state index contributed by atoms with van der Waals surface area (Å²) in [6.07, 6.45) is 1.62. The molecule has 0 atom stereocenters. The van der Waals surface area contributed by atoms with Crippen molar-refractivity contribution < 1.29 is 9.59 Å². The van der Waals surface area contributed by atoms with Crippen LogP contribution in [0.2, 0.25) is 0 Å². The van der Waals surface area contributed by atoms with Crippen LogP contribution in [-0.2, 0) is 6.42 Å². The molecule has 0 unspecified atom stereocenters. The number of carbonyl (C=O) groups is 2. The fourth-order valence-electron chi connectivity index (χ4n) is 3.13. The number of rotatable bonds is 2. The standard InChI is InChI=1S/C18H14N2O2/c21-10-11-4-6-12(7-5-11)17-13-8-9-19-18(22)14-2-1-3-15(20-17)16(13)14/h1-7,10,20H,8-9H2,(H,19,22). The van der Waals surface area contributed by atoms with Crippen LogP contribution in [0.3, 0.4) is 0 Å². The fourth-order valence-corrected chi connectivity index (χ4v) is 3.13. The number of hydrogen-bond donors (Lipinski definition) is 2. The van der Waals surface area contributed by atoms with Gasteiger partial charge in [0.2, 0.25) is 0 Å². The van der Waals surface area contributed by atoms with Crippen LogP contribution in [0, 0.1) is 0 Å². The molecule has 0 bridgehead atoms. The summed E-state index contributed by atoms with van der Waals surface area (Å²) in [6.45, 7) is 0.625. The molecule has 22 heavy (non-hydrogen) atoms. The highest BCUT2D eigenvalue weighted by Gasteiger charge is 2.21. The Morgan fingerprint density at radius 2 is 1.86 bits per heavy atom. The summed E-state index contributed by atoms with van der Waals surface area (Å²) >= 11 is 0. The molecule has 1 aliphatic heterocycles. The van der Waals surface area contributed by atoms with E-state index in [1.165, 1.54) is 0 Å². The van der Waals surface area contributed by atoms with Crippen molar-refractivity contribution in [1.82, 2.24) is 10.3 Å². The van der Waals surface area contributed by atoms with Crippen molar-refractivity contribution >= 4 is 23.1 Å². The number of nitrogens with one attached hydrogen (secondary N) is 2. The Kier molecular flexibility index (Phi) is 2.82. The number of aromatic nitrogens is 1. The summed E-state index contributed by atoms with van der Waals surface area (Å²) in [5, 5.41) is 3.94. The summed E-state index contributed by atoms with van der Waals surface area (Å²) in [5.41, 5.74) is 5.55. The van der Waals surface area contributed by atoms with Gasteiger partial charge >= 0.3 is 0 Å². The Hall–Kier alpha value is -2.88. The molecule has 0 saturated heterocycles. The quantitative estimate of drug-likeness (QED) is 0.713. The molecule has 2 heterocycles. The molecule has 3 aromatic rings. The van der Waals surface area contributed by atoms with E-state index in [0.717, 1.165) is 46.0 Å². The van der Waals surface area contributed by atoms with Gasteiger partial charge in [0.05, 0.1) is 0 Å². The lowest BCUT2D eigenvalue weighted by Gasteiger charge is -2.04. The minimum Gasteiger partial charge on any atom is -0.354 e. The van der Waals surface area contributed by atoms with E-state index in [1.807, 2.05) is 42.5 Å². The molecule has 108 valence electrons. The summed E-state index contributed by atoms with van der Waals surface area (Å²) in [5.74, 6) is -0.0220. The number of H-pyrrole nitrogens is 1. The zero-order valence-electron chi connectivity index (χ0n) is 11.8. The van der Waals surface area contributed by atoms with Gasteiger partial charge in [0, 0.05) is 34.3 Å². The zero-order chi connectivity index (χ0) is 15.1. The summed E-state index contributed by atoms with van der Waals surface area (Å²) in [7, 11) is 0. The van der Waals surface area contributed by atoms with Gasteiger partial charge in [-0.2, -0.15) is 0 Å². The molecule has 0 spiro atoms. The normalized spacial score (nSPS) is 13.7. The largest absolute Gasteiger partial charge is 0.354 e. The smallest absolute Gasteiger partial charge is 0.251 e. The van der Waals surface area contributed by atoms with Crippen molar-refractivity contribution in [2.75, 3.05) is 6.54 Å². The third-order valence-electron chi connectivity index (χ3n) is 4.17. The first-order valence-electron chi connectivity index (χ1n) is 7.25. The molecular weight excluding hydrogens is 276 g/mol. The van der Waals surface area contributed by atoms with Crippen molar-refractivity contribution in [2.24, 2.45) is 0 Å². The molecule has 4 rings (SSSR count). The van der Waals surface area contributed by atoms with Crippen LogP contribution < -0.4 is 5.32 Å². The minimum absolute atomic E-state index is 0.0220. The number of amides is 1. The number of aldehydes is 1. The second kappa shape index (κ2) is 4.84. The first kappa shape index (κ1) is 12.8. The monoisotopic (exact) mass is 290 g/mol. The zero-order valence-corrected chi connectivity index (χ0v) is 11.8. The number of hydrogen-bond acceptors (Lipinski definition) is 2. The van der Waals surface area contributed by atoms with Gasteiger partial charge in [0.15, 0.2) is 0 Å². The molecule has 0 aliphatic carbocycles. The van der Waals surface area contributed by atoms with Crippen LogP contribution in [0.5, 0.6) is 0 Å². The van der Waals surface area contributed by atoms with Gasteiger partial charge in [0.25, 0.3) is 5.91 Å². The highest BCUT2D eigenvalue weighted by atomic mass is 16.1. The van der Waals surface area contributed by atoms with E-state index in [4.69, 9.17) is 0 Å². The summed E-state index contributed by atoms with van der Waals surface area (Å²) in [4.78, 5) is 26.4. The maximum Gasteiger partial charge on any atom is 0.251 e. The van der Waals surface area contributed by atoms with Crippen LogP contribution in [0.4, 0.5) is 0 Å². The Morgan fingerprint density at radius 3 is 2.64 bits per heavy atom. The highest BCUT2D eigenvalue weighted by molar-refractivity contribution is 6.10. The summed E-state index contributed by atoms with van der Waals surface area (Å²) in [6, 6.07) is 13.2. The van der Waals surface area contributed by atoms with Crippen molar-refractivity contribution in [1.29, 1.82) is 0 Å². The number of aromatic amines is 1. The van der Waals surface area contributed by atoms with Gasteiger partial charge in [-0.15, -0.1) is 0 Å². The lowest BCUT2D eigenvalue weighted by Crippen LogP contribution is -2.23. The Labute approximate surface area is 127 Å². The van der Waals surface area contributed by atoms with E-state index < -0.39 is 0 Å². The number of carbonyl (C=O) groups excluding carboxylic acids is 2. The van der Waals surface area contributed by atoms with Gasteiger partial charge in [-0.1, -0.05) is 30.3 Å². The van der Waals surface area contributed by atoms with Crippen molar-refractivity contribution in [3.63, 3.8) is 0 Å². The van der Waals surface area contributed by atoms with E-state index >= 15 is 0 Å². The van der Waals surface area contributed by atoms with Crippen molar-refractivity contribution in [3.8, 4) is 11.3 Å². The lowest BCUT2D eigenvalue weighted by molar-refractivity contribution is 0.0957. The SMILES string of the molecule is O=Cc1ccc(-c2[nH]c3cccc4c3c2CCNC4=O)cc1. The Bertz CT molecular complexity index is 891. The van der Waals surface area contributed by atoms with Crippen LogP contribution in [0.15, 0.2) is 42.5 Å². The van der Waals surface area contributed by atoms with Crippen molar-refractivity contribution in [2.45, 2.75) is 6.42 Å². The van der Waals surface area contributed by atoms with Crippen LogP contribution in [-0.4, -0.2) is 23.7 Å². The third-order valence-corrected chi connectivity index (χ3v) is 4.17.